The van der Waals surface area contributed by atoms with Crippen LogP contribution in [0.2, 0.25) is 0 Å². The van der Waals surface area contributed by atoms with Crippen LogP contribution in [-0.4, -0.2) is 28.2 Å². The van der Waals surface area contributed by atoms with E-state index in [9.17, 15) is 0 Å². The highest BCUT2D eigenvalue weighted by Crippen LogP contribution is 2.43. The molecule has 188 valence electrons. The zero-order chi connectivity index (χ0) is 25.9. The maximum Gasteiger partial charge on any atom is 0.137 e. The van der Waals surface area contributed by atoms with Gasteiger partial charge >= 0.3 is 0 Å². The smallest absolute Gasteiger partial charge is 0.137 e. The van der Waals surface area contributed by atoms with Gasteiger partial charge in [-0.15, -0.1) is 11.3 Å². The van der Waals surface area contributed by atoms with Crippen LogP contribution >= 0.6 is 23.1 Å². The Bertz CT molecular complexity index is 2060. The maximum absolute atomic E-state index is 4.81. The van der Waals surface area contributed by atoms with Crippen molar-refractivity contribution in [1.82, 2.24) is 14.5 Å². The van der Waals surface area contributed by atoms with Crippen LogP contribution in [0.5, 0.6) is 0 Å². The number of pyridine rings is 1. The summed E-state index contributed by atoms with van der Waals surface area (Å²) in [4.78, 5) is 11.7. The standard InChI is InChI=1S/C33H24N4S2/c1-35-17-18-36(21-35)22-7-6-8-23(19-22)38-24-12-13-25-26-14-15-30-32(27-9-2-3-10-29(27)39-30)33(26)37(28(25)20-24)31-11-4-5-16-34-31/h2-20H,21H2,1H3. The SMILES string of the molecule is CN1C=CN(c2cccc(Sc3ccc4c5ccc6sc7ccccc7c6c5n(-c5ccccn5)c4c3)c2)C1. The van der Waals surface area contributed by atoms with Gasteiger partial charge in [-0.2, -0.15) is 0 Å². The van der Waals surface area contributed by atoms with Crippen LogP contribution in [0.3, 0.4) is 0 Å². The molecular weight excluding hydrogens is 517 g/mol. The molecule has 4 heterocycles. The average Bonchev–Trinajstić information content (AvgIpc) is 3.66. The number of aromatic nitrogens is 2. The Balaban J connectivity index is 1.33. The van der Waals surface area contributed by atoms with E-state index in [1.54, 1.807) is 11.8 Å². The van der Waals surface area contributed by atoms with Gasteiger partial charge in [0, 0.05) is 72.1 Å². The highest BCUT2D eigenvalue weighted by atomic mass is 32.2. The summed E-state index contributed by atoms with van der Waals surface area (Å²) in [5, 5.41) is 5.11. The zero-order valence-corrected chi connectivity index (χ0v) is 22.9. The fraction of sp³-hybridized carbons (Fsp3) is 0.0606. The lowest BCUT2D eigenvalue weighted by molar-refractivity contribution is 0.495. The molecule has 0 N–H and O–H groups in total. The molecular formula is C33H24N4S2. The molecule has 0 radical (unpaired) electrons. The van der Waals surface area contributed by atoms with Gasteiger partial charge in [0.15, 0.2) is 0 Å². The second kappa shape index (κ2) is 8.90. The van der Waals surface area contributed by atoms with E-state index in [0.29, 0.717) is 0 Å². The van der Waals surface area contributed by atoms with Crippen LogP contribution in [0.15, 0.2) is 125 Å². The van der Waals surface area contributed by atoms with Gasteiger partial charge in [0.2, 0.25) is 0 Å². The summed E-state index contributed by atoms with van der Waals surface area (Å²) in [6, 6.07) is 35.1. The van der Waals surface area contributed by atoms with Gasteiger partial charge in [-0.1, -0.05) is 54.2 Å². The van der Waals surface area contributed by atoms with Crippen molar-refractivity contribution in [2.45, 2.75) is 9.79 Å². The Kier molecular flexibility index (Phi) is 5.18. The molecule has 3 aromatic heterocycles. The Labute approximate surface area is 234 Å². The molecule has 7 aromatic rings. The number of hydrogen-bond donors (Lipinski definition) is 0. The number of nitrogens with zero attached hydrogens (tertiary/aromatic N) is 4. The summed E-state index contributed by atoms with van der Waals surface area (Å²) in [7, 11) is 2.09. The molecule has 0 saturated heterocycles. The van der Waals surface area contributed by atoms with Crippen molar-refractivity contribution < 1.29 is 0 Å². The summed E-state index contributed by atoms with van der Waals surface area (Å²) >= 11 is 3.66. The van der Waals surface area contributed by atoms with Crippen LogP contribution in [0.1, 0.15) is 0 Å². The number of thiophene rings is 1. The van der Waals surface area contributed by atoms with Crippen LogP contribution in [0.25, 0.3) is 47.8 Å². The number of benzene rings is 4. The second-order valence-corrected chi connectivity index (χ2v) is 12.1. The molecule has 1 aliphatic heterocycles. The van der Waals surface area contributed by atoms with Crippen LogP contribution in [0, 0.1) is 0 Å². The van der Waals surface area contributed by atoms with Crippen molar-refractivity contribution >= 4 is 70.8 Å². The lowest BCUT2D eigenvalue weighted by Crippen LogP contribution is -2.21. The molecule has 1 aliphatic rings. The van der Waals surface area contributed by atoms with E-state index < -0.39 is 0 Å². The Hall–Kier alpha value is -4.26. The molecule has 0 unspecified atom stereocenters. The van der Waals surface area contributed by atoms with Gasteiger partial charge < -0.3 is 9.80 Å². The largest absolute Gasteiger partial charge is 0.361 e. The van der Waals surface area contributed by atoms with Crippen molar-refractivity contribution in [3.8, 4) is 5.82 Å². The van der Waals surface area contributed by atoms with Crippen molar-refractivity contribution in [3.05, 3.63) is 116 Å². The molecule has 4 aromatic carbocycles. The first-order valence-corrected chi connectivity index (χ1v) is 14.6. The first-order valence-electron chi connectivity index (χ1n) is 13.0. The molecule has 0 atom stereocenters. The van der Waals surface area contributed by atoms with E-state index in [1.807, 2.05) is 23.6 Å². The summed E-state index contributed by atoms with van der Waals surface area (Å²) in [6.07, 6.45) is 6.13. The number of anilines is 1. The molecule has 0 fully saturated rings. The first-order chi connectivity index (χ1) is 19.2. The van der Waals surface area contributed by atoms with Crippen molar-refractivity contribution in [2.75, 3.05) is 18.6 Å². The topological polar surface area (TPSA) is 24.3 Å². The fourth-order valence-corrected chi connectivity index (χ4v) is 7.65. The molecule has 0 bridgehead atoms. The Morgan fingerprint density at radius 2 is 1.62 bits per heavy atom. The van der Waals surface area contributed by atoms with Gasteiger partial charge in [-0.3, -0.25) is 4.57 Å². The van der Waals surface area contributed by atoms with E-state index in [4.69, 9.17) is 4.98 Å². The third-order valence-corrected chi connectivity index (χ3v) is 9.50. The van der Waals surface area contributed by atoms with Crippen molar-refractivity contribution in [3.63, 3.8) is 0 Å². The van der Waals surface area contributed by atoms with Gasteiger partial charge in [0.25, 0.3) is 0 Å². The van der Waals surface area contributed by atoms with E-state index >= 15 is 0 Å². The predicted molar refractivity (Wildman–Crippen MR) is 166 cm³/mol. The summed E-state index contributed by atoms with van der Waals surface area (Å²) in [5.74, 6) is 0.939. The molecule has 8 rings (SSSR count). The predicted octanol–water partition coefficient (Wildman–Crippen LogP) is 8.88. The van der Waals surface area contributed by atoms with E-state index in [2.05, 4.69) is 125 Å². The number of hydrogen-bond acceptors (Lipinski definition) is 5. The van der Waals surface area contributed by atoms with E-state index in [-0.39, 0.29) is 0 Å². The minimum absolute atomic E-state index is 0.871. The highest BCUT2D eigenvalue weighted by molar-refractivity contribution is 7.99. The lowest BCUT2D eigenvalue weighted by atomic mass is 10.1. The van der Waals surface area contributed by atoms with Crippen LogP contribution in [-0.2, 0) is 0 Å². The average molecular weight is 541 g/mol. The van der Waals surface area contributed by atoms with Gasteiger partial charge in [0.1, 0.15) is 5.82 Å². The third kappa shape index (κ3) is 3.71. The van der Waals surface area contributed by atoms with E-state index in [0.717, 1.165) is 12.5 Å². The minimum Gasteiger partial charge on any atom is -0.361 e. The van der Waals surface area contributed by atoms with Crippen LogP contribution < -0.4 is 4.90 Å². The highest BCUT2D eigenvalue weighted by Gasteiger charge is 2.19. The van der Waals surface area contributed by atoms with Gasteiger partial charge in [0.05, 0.1) is 17.7 Å². The quantitative estimate of drug-likeness (QED) is 0.223. The first kappa shape index (κ1) is 22.7. The van der Waals surface area contributed by atoms with Gasteiger partial charge in [-0.05, 0) is 54.6 Å². The van der Waals surface area contributed by atoms with Gasteiger partial charge in [-0.25, -0.2) is 4.98 Å². The third-order valence-electron chi connectivity index (χ3n) is 7.38. The maximum atomic E-state index is 4.81. The molecule has 6 heteroatoms. The second-order valence-electron chi connectivity index (χ2n) is 9.90. The molecule has 0 spiro atoms. The van der Waals surface area contributed by atoms with Crippen molar-refractivity contribution in [2.24, 2.45) is 0 Å². The summed E-state index contributed by atoms with van der Waals surface area (Å²) in [6.45, 7) is 0.871. The number of fused-ring (bicyclic) bond motifs is 7. The summed E-state index contributed by atoms with van der Waals surface area (Å²) in [5.41, 5.74) is 3.61. The monoisotopic (exact) mass is 540 g/mol. The molecule has 0 saturated carbocycles. The lowest BCUT2D eigenvalue weighted by Gasteiger charge is -2.18. The van der Waals surface area contributed by atoms with E-state index in [1.165, 1.54) is 57.5 Å². The van der Waals surface area contributed by atoms with Crippen molar-refractivity contribution in [1.29, 1.82) is 0 Å². The minimum atomic E-state index is 0.871. The molecule has 39 heavy (non-hydrogen) atoms. The Morgan fingerprint density at radius 3 is 2.49 bits per heavy atom. The molecule has 0 aliphatic carbocycles. The Morgan fingerprint density at radius 1 is 0.744 bits per heavy atom. The zero-order valence-electron chi connectivity index (χ0n) is 21.3. The number of rotatable bonds is 4. The van der Waals surface area contributed by atoms with Crippen LogP contribution in [0.4, 0.5) is 5.69 Å². The molecule has 4 nitrogen and oxygen atoms in total. The summed E-state index contributed by atoms with van der Waals surface area (Å²) < 4.78 is 4.97. The molecule has 0 amide bonds. The fourth-order valence-electron chi connectivity index (χ4n) is 5.64. The normalized spacial score (nSPS) is 13.6.